The molecule has 2 atom stereocenters. The van der Waals surface area contributed by atoms with E-state index >= 15 is 0 Å². The summed E-state index contributed by atoms with van der Waals surface area (Å²) in [7, 11) is -3.02. The number of nitrogens with one attached hydrogen (secondary N) is 1. The predicted octanol–water partition coefficient (Wildman–Crippen LogP) is 5.62. The first kappa shape index (κ1) is 23.8. The Morgan fingerprint density at radius 2 is 1.79 bits per heavy atom. The molecule has 3 heterocycles. The highest BCUT2D eigenvalue weighted by Gasteiger charge is 2.27. The fourth-order valence-corrected chi connectivity index (χ4v) is 6.03. The van der Waals surface area contributed by atoms with Crippen LogP contribution in [-0.2, 0) is 9.84 Å². The van der Waals surface area contributed by atoms with E-state index in [1.807, 2.05) is 6.07 Å². The van der Waals surface area contributed by atoms with Crippen molar-refractivity contribution in [1.29, 1.82) is 0 Å². The number of fused-ring (bicyclic) bond motifs is 1. The van der Waals surface area contributed by atoms with E-state index in [-0.39, 0.29) is 23.0 Å². The zero-order valence-corrected chi connectivity index (χ0v) is 20.1. The molecule has 0 radical (unpaired) electrons. The van der Waals surface area contributed by atoms with Gasteiger partial charge in [0.05, 0.1) is 22.9 Å². The molecular formula is C23H25ClF2N4O2S. The first-order chi connectivity index (χ1) is 15.6. The van der Waals surface area contributed by atoms with E-state index in [1.165, 1.54) is 13.0 Å². The summed E-state index contributed by atoms with van der Waals surface area (Å²) >= 11 is 6.46. The average Bonchev–Trinajstić information content (AvgIpc) is 2.73. The number of halogens is 3. The Balaban J connectivity index is 1.73. The number of hydrogen-bond acceptors (Lipinski definition) is 6. The molecule has 10 heteroatoms. The molecule has 0 amide bonds. The molecule has 1 unspecified atom stereocenters. The van der Waals surface area contributed by atoms with Crippen LogP contribution in [-0.4, -0.2) is 34.9 Å². The van der Waals surface area contributed by atoms with Gasteiger partial charge < -0.3 is 5.32 Å². The van der Waals surface area contributed by atoms with Crippen LogP contribution in [0.4, 0.5) is 14.6 Å². The highest BCUT2D eigenvalue weighted by Crippen LogP contribution is 2.36. The van der Waals surface area contributed by atoms with E-state index in [2.05, 4.69) is 20.3 Å². The molecule has 33 heavy (non-hydrogen) atoms. The third-order valence-electron chi connectivity index (χ3n) is 6.08. The minimum atomic E-state index is -3.02. The van der Waals surface area contributed by atoms with Gasteiger partial charge in [0.15, 0.2) is 5.65 Å². The van der Waals surface area contributed by atoms with E-state index in [0.29, 0.717) is 46.2 Å². The Bertz CT molecular complexity index is 1300. The monoisotopic (exact) mass is 494 g/mol. The number of benzene rings is 1. The number of rotatable bonds is 5. The van der Waals surface area contributed by atoms with Crippen molar-refractivity contribution < 1.29 is 17.2 Å². The first-order valence-electron chi connectivity index (χ1n) is 10.8. The maximum atomic E-state index is 14.9. The standard InChI is InChI=1S/C23H25ClF2N4O2S/c1-12(25)16-5-4-6-17(20(16)26)13(2)27-22-19-11-18(15-7-9-33(31,32)10-8-15)21(24)30-23(19)29-14(3)28-22/h4-6,11-13,15H,7-10H2,1-3H3,(H,27,28,29,30)/t12?,13-/m1/s1. The summed E-state index contributed by atoms with van der Waals surface area (Å²) in [6, 6.07) is 6.00. The van der Waals surface area contributed by atoms with Crippen LogP contribution in [0.5, 0.6) is 0 Å². The highest BCUT2D eigenvalue weighted by molar-refractivity contribution is 7.91. The SMILES string of the molecule is Cc1nc(N[C@H](C)c2cccc(C(C)F)c2F)c2cc(C3CCS(=O)(=O)CC3)c(Cl)nc2n1. The normalized spacial score (nSPS) is 18.2. The Labute approximate surface area is 196 Å². The van der Waals surface area contributed by atoms with Crippen molar-refractivity contribution in [2.45, 2.75) is 51.7 Å². The summed E-state index contributed by atoms with van der Waals surface area (Å²) in [5, 5.41) is 4.12. The number of alkyl halides is 1. The number of aromatic nitrogens is 3. The van der Waals surface area contributed by atoms with Gasteiger partial charge in [-0.2, -0.15) is 0 Å². The van der Waals surface area contributed by atoms with Crippen molar-refractivity contribution in [3.63, 3.8) is 0 Å². The largest absolute Gasteiger partial charge is 0.363 e. The van der Waals surface area contributed by atoms with E-state index in [1.54, 1.807) is 26.0 Å². The molecule has 1 fully saturated rings. The average molecular weight is 495 g/mol. The first-order valence-corrected chi connectivity index (χ1v) is 13.0. The molecule has 1 saturated heterocycles. The van der Waals surface area contributed by atoms with E-state index in [0.717, 1.165) is 5.56 Å². The lowest BCUT2D eigenvalue weighted by atomic mass is 9.94. The van der Waals surface area contributed by atoms with Gasteiger partial charge in [-0.25, -0.2) is 32.2 Å². The van der Waals surface area contributed by atoms with Gasteiger partial charge in [-0.15, -0.1) is 0 Å². The number of nitrogens with zero attached hydrogens (tertiary/aromatic N) is 3. The molecule has 2 aromatic heterocycles. The van der Waals surface area contributed by atoms with Gasteiger partial charge in [0.1, 0.15) is 38.6 Å². The van der Waals surface area contributed by atoms with Gasteiger partial charge in [0.2, 0.25) is 0 Å². The van der Waals surface area contributed by atoms with Crippen molar-refractivity contribution in [1.82, 2.24) is 15.0 Å². The van der Waals surface area contributed by atoms with Crippen molar-refractivity contribution in [3.05, 3.63) is 57.8 Å². The minimum Gasteiger partial charge on any atom is -0.363 e. The minimum absolute atomic E-state index is 0.00728. The van der Waals surface area contributed by atoms with E-state index < -0.39 is 27.9 Å². The number of hydrogen-bond donors (Lipinski definition) is 1. The highest BCUT2D eigenvalue weighted by atomic mass is 35.5. The second-order valence-electron chi connectivity index (χ2n) is 8.52. The lowest BCUT2D eigenvalue weighted by Crippen LogP contribution is -2.22. The predicted molar refractivity (Wildman–Crippen MR) is 126 cm³/mol. The van der Waals surface area contributed by atoms with Crippen LogP contribution in [0.1, 0.15) is 67.3 Å². The van der Waals surface area contributed by atoms with Crippen LogP contribution < -0.4 is 5.32 Å². The van der Waals surface area contributed by atoms with Crippen LogP contribution in [0.2, 0.25) is 5.15 Å². The molecule has 1 aromatic carbocycles. The smallest absolute Gasteiger partial charge is 0.166 e. The van der Waals surface area contributed by atoms with E-state index in [4.69, 9.17) is 11.6 Å². The molecule has 176 valence electrons. The topological polar surface area (TPSA) is 84.8 Å². The van der Waals surface area contributed by atoms with E-state index in [9.17, 15) is 17.2 Å². The molecule has 0 bridgehead atoms. The summed E-state index contributed by atoms with van der Waals surface area (Å²) in [6.07, 6.45) is -0.478. The Hall–Kier alpha value is -2.39. The third-order valence-corrected chi connectivity index (χ3v) is 8.10. The summed E-state index contributed by atoms with van der Waals surface area (Å²) in [5.74, 6) is 0.515. The van der Waals surface area contributed by atoms with Crippen LogP contribution in [0.15, 0.2) is 24.3 Å². The summed E-state index contributed by atoms with van der Waals surface area (Å²) in [4.78, 5) is 13.3. The van der Waals surface area contributed by atoms with Gasteiger partial charge in [0, 0.05) is 11.1 Å². The molecule has 4 rings (SSSR count). The maximum absolute atomic E-state index is 14.9. The molecule has 0 aliphatic carbocycles. The molecular weight excluding hydrogens is 470 g/mol. The maximum Gasteiger partial charge on any atom is 0.166 e. The quantitative estimate of drug-likeness (QED) is 0.463. The van der Waals surface area contributed by atoms with Crippen molar-refractivity contribution >= 4 is 38.3 Å². The van der Waals surface area contributed by atoms with Crippen LogP contribution in [0.25, 0.3) is 11.0 Å². The second-order valence-corrected chi connectivity index (χ2v) is 11.2. The zero-order chi connectivity index (χ0) is 23.9. The van der Waals surface area contributed by atoms with Gasteiger partial charge in [-0.3, -0.25) is 0 Å². The summed E-state index contributed by atoms with van der Waals surface area (Å²) in [5.41, 5.74) is 1.47. The van der Waals surface area contributed by atoms with Crippen molar-refractivity contribution in [2.24, 2.45) is 0 Å². The van der Waals surface area contributed by atoms with Gasteiger partial charge in [0.25, 0.3) is 0 Å². The van der Waals surface area contributed by atoms with Crippen LogP contribution in [0, 0.1) is 12.7 Å². The molecule has 1 N–H and O–H groups in total. The molecule has 0 spiro atoms. The Morgan fingerprint density at radius 1 is 1.12 bits per heavy atom. The second kappa shape index (κ2) is 9.10. The van der Waals surface area contributed by atoms with Gasteiger partial charge in [-0.05, 0) is 51.2 Å². The number of anilines is 1. The number of aryl methyl sites for hydroxylation is 1. The van der Waals surface area contributed by atoms with Crippen molar-refractivity contribution in [2.75, 3.05) is 16.8 Å². The Kier molecular flexibility index (Phi) is 6.55. The molecule has 1 aliphatic heterocycles. The zero-order valence-electron chi connectivity index (χ0n) is 18.6. The molecule has 1 aliphatic rings. The third kappa shape index (κ3) is 4.94. The molecule has 0 saturated carbocycles. The summed E-state index contributed by atoms with van der Waals surface area (Å²) < 4.78 is 52.4. The number of pyridine rings is 1. The van der Waals surface area contributed by atoms with Crippen molar-refractivity contribution in [3.8, 4) is 0 Å². The van der Waals surface area contributed by atoms with Crippen LogP contribution >= 0.6 is 11.6 Å². The van der Waals surface area contributed by atoms with Crippen LogP contribution in [0.3, 0.4) is 0 Å². The van der Waals surface area contributed by atoms with Gasteiger partial charge >= 0.3 is 0 Å². The Morgan fingerprint density at radius 3 is 2.45 bits per heavy atom. The summed E-state index contributed by atoms with van der Waals surface area (Å²) in [6.45, 7) is 4.79. The molecule has 3 aromatic rings. The fourth-order valence-electron chi connectivity index (χ4n) is 4.25. The lowest BCUT2D eigenvalue weighted by molar-refractivity contribution is 0.360. The lowest BCUT2D eigenvalue weighted by Gasteiger charge is -2.23. The number of sulfone groups is 1. The van der Waals surface area contributed by atoms with Gasteiger partial charge in [-0.1, -0.05) is 29.8 Å². The fraction of sp³-hybridized carbons (Fsp3) is 0.435. The molecule has 6 nitrogen and oxygen atoms in total.